The van der Waals surface area contributed by atoms with Gasteiger partial charge in [-0.05, 0) is 60.6 Å². The number of rotatable bonds is 7. The number of nitrogens with one attached hydrogen (secondary N) is 1. The number of fused-ring (bicyclic) bond motifs is 2. The van der Waals surface area contributed by atoms with E-state index in [-0.39, 0.29) is 12.6 Å². The first-order valence-corrected chi connectivity index (χ1v) is 10.7. The summed E-state index contributed by atoms with van der Waals surface area (Å²) in [5.74, 6) is 0.0775. The Bertz CT molecular complexity index is 1300. The Kier molecular flexibility index (Phi) is 5.94. The number of benzene rings is 2. The lowest BCUT2D eigenvalue weighted by atomic mass is 9.95. The van der Waals surface area contributed by atoms with E-state index in [1.54, 1.807) is 0 Å². The summed E-state index contributed by atoms with van der Waals surface area (Å²) in [4.78, 5) is 27.6. The number of esters is 1. The molecular formula is C26H27NO4. The highest BCUT2D eigenvalue weighted by molar-refractivity contribution is 5.83. The van der Waals surface area contributed by atoms with Gasteiger partial charge in [-0.2, -0.15) is 0 Å². The predicted molar refractivity (Wildman–Crippen MR) is 122 cm³/mol. The Balaban J connectivity index is 1.41. The summed E-state index contributed by atoms with van der Waals surface area (Å²) in [5.41, 5.74) is 5.34. The highest BCUT2D eigenvalue weighted by Crippen LogP contribution is 2.27. The third-order valence-electron chi connectivity index (χ3n) is 5.73. The van der Waals surface area contributed by atoms with Crippen molar-refractivity contribution in [3.05, 3.63) is 81.3 Å². The number of aromatic nitrogens is 1. The molecule has 4 rings (SSSR count). The monoisotopic (exact) mass is 417 g/mol. The summed E-state index contributed by atoms with van der Waals surface area (Å²) in [6.07, 6.45) is 3.83. The van der Waals surface area contributed by atoms with E-state index >= 15 is 0 Å². The van der Waals surface area contributed by atoms with Crippen molar-refractivity contribution in [2.45, 2.75) is 52.6 Å². The molecule has 0 aliphatic heterocycles. The Morgan fingerprint density at radius 1 is 1.10 bits per heavy atom. The van der Waals surface area contributed by atoms with E-state index in [9.17, 15) is 9.59 Å². The van der Waals surface area contributed by atoms with E-state index in [1.165, 1.54) is 22.6 Å². The van der Waals surface area contributed by atoms with Crippen molar-refractivity contribution >= 4 is 27.8 Å². The second kappa shape index (κ2) is 8.80. The summed E-state index contributed by atoms with van der Waals surface area (Å²) in [5, 5.41) is 2.01. The van der Waals surface area contributed by atoms with Crippen LogP contribution in [0.4, 0.5) is 0 Å². The van der Waals surface area contributed by atoms with Gasteiger partial charge in [0.2, 0.25) is 0 Å². The van der Waals surface area contributed by atoms with Crippen molar-refractivity contribution in [1.82, 2.24) is 4.98 Å². The summed E-state index contributed by atoms with van der Waals surface area (Å²) in [6, 6.07) is 13.5. The van der Waals surface area contributed by atoms with Crippen LogP contribution in [0.2, 0.25) is 0 Å². The largest absolute Gasteiger partial charge is 0.461 e. The molecule has 0 saturated heterocycles. The molecule has 0 fully saturated rings. The fourth-order valence-electron chi connectivity index (χ4n) is 4.12. The molecule has 2 heterocycles. The molecule has 0 spiro atoms. The summed E-state index contributed by atoms with van der Waals surface area (Å²) >= 11 is 0. The van der Waals surface area contributed by atoms with Crippen LogP contribution in [0.25, 0.3) is 21.9 Å². The van der Waals surface area contributed by atoms with Gasteiger partial charge in [0.15, 0.2) is 0 Å². The SMILES string of the molecule is Cc1cc2oc(=O)cc(COC(=O)CCCc3c[nH]c4ccccc34)c2cc1C(C)C. The molecule has 0 amide bonds. The predicted octanol–water partition coefficient (Wildman–Crippen LogP) is 5.77. The fraction of sp³-hybridized carbons (Fsp3) is 0.308. The van der Waals surface area contributed by atoms with Crippen LogP contribution >= 0.6 is 0 Å². The average molecular weight is 418 g/mol. The Labute approximate surface area is 181 Å². The second-order valence-electron chi connectivity index (χ2n) is 8.32. The molecule has 0 bridgehead atoms. The minimum atomic E-state index is -0.436. The lowest BCUT2D eigenvalue weighted by Crippen LogP contribution is -2.08. The molecule has 0 radical (unpaired) electrons. The third kappa shape index (κ3) is 4.55. The number of aryl methyl sites for hydroxylation is 2. The van der Waals surface area contributed by atoms with E-state index in [0.717, 1.165) is 22.9 Å². The van der Waals surface area contributed by atoms with Gasteiger partial charge in [0.25, 0.3) is 0 Å². The molecule has 31 heavy (non-hydrogen) atoms. The molecule has 2 aromatic carbocycles. The molecule has 0 aliphatic rings. The number of hydrogen-bond donors (Lipinski definition) is 1. The van der Waals surface area contributed by atoms with Crippen molar-refractivity contribution < 1.29 is 13.9 Å². The molecule has 0 unspecified atom stereocenters. The fourth-order valence-corrected chi connectivity index (χ4v) is 4.12. The number of aromatic amines is 1. The molecule has 4 aromatic rings. The summed E-state index contributed by atoms with van der Waals surface area (Å²) in [6.45, 7) is 6.32. The smallest absolute Gasteiger partial charge is 0.336 e. The number of H-pyrrole nitrogens is 1. The lowest BCUT2D eigenvalue weighted by molar-refractivity contribution is -0.145. The third-order valence-corrected chi connectivity index (χ3v) is 5.73. The van der Waals surface area contributed by atoms with E-state index < -0.39 is 5.63 Å². The average Bonchev–Trinajstić information content (AvgIpc) is 3.14. The molecule has 5 heteroatoms. The maximum atomic E-state index is 12.3. The first-order valence-electron chi connectivity index (χ1n) is 10.7. The van der Waals surface area contributed by atoms with Crippen molar-refractivity contribution in [2.75, 3.05) is 0 Å². The van der Waals surface area contributed by atoms with Crippen LogP contribution < -0.4 is 5.63 Å². The quantitative estimate of drug-likeness (QED) is 0.306. The lowest BCUT2D eigenvalue weighted by Gasteiger charge is -2.13. The van der Waals surface area contributed by atoms with Crippen LogP contribution in [-0.2, 0) is 22.6 Å². The Hall–Kier alpha value is -3.34. The molecule has 0 saturated carbocycles. The molecule has 1 N–H and O–H groups in total. The molecule has 160 valence electrons. The summed E-state index contributed by atoms with van der Waals surface area (Å²) < 4.78 is 10.9. The van der Waals surface area contributed by atoms with Crippen molar-refractivity contribution in [2.24, 2.45) is 0 Å². The second-order valence-corrected chi connectivity index (χ2v) is 8.32. The van der Waals surface area contributed by atoms with Crippen molar-refractivity contribution in [1.29, 1.82) is 0 Å². The highest BCUT2D eigenvalue weighted by Gasteiger charge is 2.13. The molecule has 5 nitrogen and oxygen atoms in total. The molecule has 0 atom stereocenters. The number of carbonyl (C=O) groups is 1. The minimum absolute atomic E-state index is 0.0641. The van der Waals surface area contributed by atoms with Crippen LogP contribution in [0.3, 0.4) is 0 Å². The standard InChI is InChI=1S/C26H27NO4/c1-16(2)21-13-22-19(12-26(29)31-24(22)11-17(21)3)15-30-25(28)10-6-7-18-14-27-23-9-5-4-8-20(18)23/h4-5,8-9,11-14,16,27H,6-7,10,15H2,1-3H3. The van der Waals surface area contributed by atoms with Gasteiger partial charge in [-0.1, -0.05) is 32.0 Å². The van der Waals surface area contributed by atoms with Gasteiger partial charge in [-0.25, -0.2) is 4.79 Å². The Morgan fingerprint density at radius 2 is 1.90 bits per heavy atom. The zero-order valence-electron chi connectivity index (χ0n) is 18.2. The van der Waals surface area contributed by atoms with Crippen LogP contribution in [0.1, 0.15) is 54.9 Å². The molecular weight excluding hydrogens is 390 g/mol. The molecule has 0 aliphatic carbocycles. The number of hydrogen-bond acceptors (Lipinski definition) is 4. The van der Waals surface area contributed by atoms with Crippen LogP contribution in [-0.4, -0.2) is 11.0 Å². The minimum Gasteiger partial charge on any atom is -0.461 e. The molecule has 2 aromatic heterocycles. The number of carbonyl (C=O) groups excluding carboxylic acids is 1. The van der Waals surface area contributed by atoms with Crippen molar-refractivity contribution in [3.8, 4) is 0 Å². The van der Waals surface area contributed by atoms with E-state index in [0.29, 0.717) is 29.9 Å². The maximum absolute atomic E-state index is 12.3. The topological polar surface area (TPSA) is 72.3 Å². The first-order chi connectivity index (χ1) is 14.9. The van der Waals surface area contributed by atoms with Gasteiger partial charge in [0.1, 0.15) is 12.2 Å². The van der Waals surface area contributed by atoms with E-state index in [4.69, 9.17) is 9.15 Å². The van der Waals surface area contributed by atoms with Gasteiger partial charge in [-0.3, -0.25) is 4.79 Å². The normalized spacial score (nSPS) is 11.5. The van der Waals surface area contributed by atoms with Gasteiger partial charge in [0.05, 0.1) is 0 Å². The van der Waals surface area contributed by atoms with Crippen LogP contribution in [0, 0.1) is 6.92 Å². The number of ether oxygens (including phenoxy) is 1. The van der Waals surface area contributed by atoms with Gasteiger partial charge < -0.3 is 14.1 Å². The zero-order chi connectivity index (χ0) is 22.0. The van der Waals surface area contributed by atoms with E-state index in [2.05, 4.69) is 24.9 Å². The highest BCUT2D eigenvalue weighted by atomic mass is 16.5. The van der Waals surface area contributed by atoms with Gasteiger partial charge >= 0.3 is 11.6 Å². The van der Waals surface area contributed by atoms with Crippen molar-refractivity contribution in [3.63, 3.8) is 0 Å². The first kappa shape index (κ1) is 20.9. The zero-order valence-corrected chi connectivity index (χ0v) is 18.2. The van der Waals surface area contributed by atoms with Crippen LogP contribution in [0.5, 0.6) is 0 Å². The maximum Gasteiger partial charge on any atom is 0.336 e. The Morgan fingerprint density at radius 3 is 2.71 bits per heavy atom. The van der Waals surface area contributed by atoms with E-state index in [1.807, 2.05) is 43.5 Å². The van der Waals surface area contributed by atoms with Gasteiger partial charge in [-0.15, -0.1) is 0 Å². The van der Waals surface area contributed by atoms with Crippen LogP contribution in [0.15, 0.2) is 57.9 Å². The number of para-hydroxylation sites is 1. The summed E-state index contributed by atoms with van der Waals surface area (Å²) in [7, 11) is 0. The van der Waals surface area contributed by atoms with Gasteiger partial charge in [0, 0.05) is 40.5 Å².